The number of allylic oxidation sites excluding steroid dienone is 4. The van der Waals surface area contributed by atoms with E-state index in [9.17, 15) is 14.4 Å². The summed E-state index contributed by atoms with van der Waals surface area (Å²) in [6.07, 6.45) is 7.12. The van der Waals surface area contributed by atoms with Crippen molar-refractivity contribution in [1.29, 1.82) is 0 Å². The number of anilines is 1. The number of likely N-dealkylation sites (tertiary alicyclic amines) is 1. The molecule has 232 valence electrons. The van der Waals surface area contributed by atoms with Crippen LogP contribution in [0.1, 0.15) is 56.7 Å². The Kier molecular flexibility index (Phi) is 8.91. The molecule has 2 aromatic carbocycles. The monoisotopic (exact) mass is 749 g/mol. The third-order valence-electron chi connectivity index (χ3n) is 9.00. The molecule has 3 amide bonds. The Bertz CT molecular complexity index is 1550. The zero-order chi connectivity index (χ0) is 31.2. The molecule has 4 atom stereocenters. The third kappa shape index (κ3) is 5.83. The smallest absolute Gasteiger partial charge is 0.410 e. The first-order chi connectivity index (χ1) is 21.1. The van der Waals surface area contributed by atoms with Gasteiger partial charge in [0.15, 0.2) is 0 Å². The molecule has 2 N–H and O–H groups in total. The van der Waals surface area contributed by atoms with Gasteiger partial charge in [-0.3, -0.25) is 9.59 Å². The van der Waals surface area contributed by atoms with E-state index in [1.165, 1.54) is 0 Å². The van der Waals surface area contributed by atoms with Gasteiger partial charge in [0.05, 0.1) is 12.1 Å². The molecule has 4 aliphatic rings. The summed E-state index contributed by atoms with van der Waals surface area (Å²) in [5, 5.41) is 7.52. The lowest BCUT2D eigenvalue weighted by atomic mass is 9.57. The second kappa shape index (κ2) is 12.6. The van der Waals surface area contributed by atoms with Crippen molar-refractivity contribution in [3.05, 3.63) is 79.4 Å². The number of ether oxygens (including phenoxy) is 2. The van der Waals surface area contributed by atoms with Crippen LogP contribution in [-0.2, 0) is 19.7 Å². The van der Waals surface area contributed by atoms with Crippen molar-refractivity contribution in [2.24, 2.45) is 11.8 Å². The number of rotatable bonds is 5. The fraction of sp³-hybridized carbons (Fsp3) is 0.424. The summed E-state index contributed by atoms with van der Waals surface area (Å²) < 4.78 is 13.0. The van der Waals surface area contributed by atoms with Crippen LogP contribution in [0.25, 0.3) is 0 Å². The Morgan fingerprint density at radius 3 is 2.59 bits per heavy atom. The molecule has 0 bridgehead atoms. The number of amides is 3. The average molecular weight is 750 g/mol. The van der Waals surface area contributed by atoms with E-state index in [-0.39, 0.29) is 48.4 Å². The van der Waals surface area contributed by atoms with Gasteiger partial charge in [0, 0.05) is 57.2 Å². The molecule has 8 nitrogen and oxygen atoms in total. The van der Waals surface area contributed by atoms with E-state index in [1.807, 2.05) is 50.3 Å². The Labute approximate surface area is 280 Å². The molecular weight excluding hydrogens is 716 g/mol. The molecule has 2 aromatic rings. The fourth-order valence-corrected chi connectivity index (χ4v) is 8.05. The maximum atomic E-state index is 14.4. The molecule has 2 fully saturated rings. The summed E-state index contributed by atoms with van der Waals surface area (Å²) in [5.41, 5.74) is 1.02. The highest BCUT2D eigenvalue weighted by Gasteiger charge is 2.62. The van der Waals surface area contributed by atoms with Crippen LogP contribution in [0.5, 0.6) is 5.75 Å². The summed E-state index contributed by atoms with van der Waals surface area (Å²) in [6.45, 7) is 4.70. The number of fused-ring (bicyclic) bond motifs is 2. The molecule has 3 heterocycles. The van der Waals surface area contributed by atoms with Crippen LogP contribution >= 0.6 is 45.8 Å². The Balaban J connectivity index is 1.40. The molecule has 0 radical (unpaired) electrons. The van der Waals surface area contributed by atoms with E-state index in [2.05, 4.69) is 39.3 Å². The van der Waals surface area contributed by atoms with E-state index in [4.69, 9.17) is 32.7 Å². The van der Waals surface area contributed by atoms with E-state index < -0.39 is 11.5 Å². The van der Waals surface area contributed by atoms with Crippen molar-refractivity contribution in [1.82, 2.24) is 10.2 Å². The number of carbonyl (C=O) groups is 3. The maximum absolute atomic E-state index is 14.4. The van der Waals surface area contributed by atoms with Crippen LogP contribution in [0.4, 0.5) is 10.5 Å². The zero-order valence-corrected chi connectivity index (χ0v) is 28.1. The van der Waals surface area contributed by atoms with Crippen molar-refractivity contribution in [2.75, 3.05) is 18.4 Å². The number of hydrogen-bond acceptors (Lipinski definition) is 5. The largest absolute Gasteiger partial charge is 0.490 e. The normalized spacial score (nSPS) is 26.7. The van der Waals surface area contributed by atoms with Gasteiger partial charge < -0.3 is 25.0 Å². The number of hydrogen-bond donors (Lipinski definition) is 2. The number of carbonyl (C=O) groups excluding carboxylic acids is 3. The summed E-state index contributed by atoms with van der Waals surface area (Å²) in [7, 11) is 0. The van der Waals surface area contributed by atoms with Crippen LogP contribution in [0.15, 0.2) is 59.7 Å². The molecule has 44 heavy (non-hydrogen) atoms. The minimum Gasteiger partial charge on any atom is -0.490 e. The molecule has 11 heteroatoms. The minimum atomic E-state index is -1.15. The van der Waals surface area contributed by atoms with Gasteiger partial charge in [0.25, 0.3) is 0 Å². The number of piperidine rings is 2. The van der Waals surface area contributed by atoms with Gasteiger partial charge in [-0.25, -0.2) is 4.79 Å². The van der Waals surface area contributed by atoms with Gasteiger partial charge in [-0.1, -0.05) is 41.4 Å². The zero-order valence-electron chi connectivity index (χ0n) is 24.4. The summed E-state index contributed by atoms with van der Waals surface area (Å²) in [5.74, 6) is -0.252. The molecule has 0 saturated carbocycles. The van der Waals surface area contributed by atoms with Crippen LogP contribution in [-0.4, -0.2) is 48.1 Å². The lowest BCUT2D eigenvalue weighted by Gasteiger charge is -2.49. The topological polar surface area (TPSA) is 97.0 Å². The van der Waals surface area contributed by atoms with Gasteiger partial charge in [-0.05, 0) is 96.7 Å². The van der Waals surface area contributed by atoms with Crippen molar-refractivity contribution in [2.45, 2.75) is 63.2 Å². The van der Waals surface area contributed by atoms with Crippen molar-refractivity contribution in [3.63, 3.8) is 0 Å². The van der Waals surface area contributed by atoms with Gasteiger partial charge in [0.1, 0.15) is 17.3 Å². The molecule has 6 rings (SSSR count). The van der Waals surface area contributed by atoms with Crippen LogP contribution < -0.4 is 15.4 Å². The first-order valence-electron chi connectivity index (χ1n) is 14.9. The van der Waals surface area contributed by atoms with Crippen molar-refractivity contribution < 1.29 is 23.9 Å². The van der Waals surface area contributed by atoms with Gasteiger partial charge in [-0.15, -0.1) is 0 Å². The van der Waals surface area contributed by atoms with Gasteiger partial charge >= 0.3 is 6.09 Å². The van der Waals surface area contributed by atoms with E-state index >= 15 is 0 Å². The predicted octanol–water partition coefficient (Wildman–Crippen LogP) is 7.10. The third-order valence-corrected chi connectivity index (χ3v) is 10.2. The molecule has 1 unspecified atom stereocenters. The maximum Gasteiger partial charge on any atom is 0.410 e. The standard InChI is InChI=1S/C33H34Cl2IN3O5/c1-18(2)43-32(42)39-12-10-23(11-13-39)44-28-9-7-22(36)16-24(28)30-33(25-8-6-21(35)15-27(25)37-31(33)41)26(17-29(40)38-30)19-4-3-5-20(34)14-19/h3-9,15-16,18-19,23,26,30H,10-14,17H2,1-2H3,(H,37,41)(H,38,40)/t19?,26-,30-,33-/m0/s1. The highest BCUT2D eigenvalue weighted by atomic mass is 127. The van der Waals surface area contributed by atoms with Gasteiger partial charge in [-0.2, -0.15) is 0 Å². The van der Waals surface area contributed by atoms with E-state index in [1.54, 1.807) is 17.0 Å². The number of benzene rings is 2. The molecule has 2 saturated heterocycles. The summed E-state index contributed by atoms with van der Waals surface area (Å²) >= 11 is 15.1. The van der Waals surface area contributed by atoms with Crippen LogP contribution in [0, 0.1) is 15.4 Å². The quantitative estimate of drug-likeness (QED) is 0.318. The Morgan fingerprint density at radius 1 is 1.09 bits per heavy atom. The number of halogens is 3. The number of nitrogens with one attached hydrogen (secondary N) is 2. The SMILES string of the molecule is CC(C)OC(=O)N1CCC(Oc2ccc(I)cc2[C@@H]2NC(=O)C[C@@H](C3C=CC=C(Cl)C3)[C@]23C(=O)Nc2cc(Cl)ccc23)CC1. The van der Waals surface area contributed by atoms with E-state index in [0.717, 1.165) is 14.7 Å². The molecule has 1 spiro atoms. The second-order valence-electron chi connectivity index (χ2n) is 12.1. The van der Waals surface area contributed by atoms with E-state index in [0.29, 0.717) is 53.8 Å². The lowest BCUT2D eigenvalue weighted by Crippen LogP contribution is -2.59. The summed E-state index contributed by atoms with van der Waals surface area (Å²) in [4.78, 5) is 42.1. The molecule has 1 aliphatic carbocycles. The minimum absolute atomic E-state index is 0.137. The Hall–Kier alpha value is -2.76. The predicted molar refractivity (Wildman–Crippen MR) is 178 cm³/mol. The van der Waals surface area contributed by atoms with Crippen LogP contribution in [0.2, 0.25) is 5.02 Å². The Morgan fingerprint density at radius 2 is 1.86 bits per heavy atom. The molecular formula is C33H34Cl2IN3O5. The first kappa shape index (κ1) is 31.2. The molecule has 0 aromatic heterocycles. The second-order valence-corrected chi connectivity index (χ2v) is 14.3. The van der Waals surface area contributed by atoms with Gasteiger partial charge in [0.2, 0.25) is 11.8 Å². The highest BCUT2D eigenvalue weighted by Crippen LogP contribution is 2.58. The first-order valence-corrected chi connectivity index (χ1v) is 16.7. The number of nitrogens with zero attached hydrogens (tertiary/aromatic N) is 1. The highest BCUT2D eigenvalue weighted by molar-refractivity contribution is 14.1. The van der Waals surface area contributed by atoms with Crippen molar-refractivity contribution >= 4 is 69.4 Å². The fourth-order valence-electron chi connectivity index (χ4n) is 7.11. The average Bonchev–Trinajstić information content (AvgIpc) is 3.25. The van der Waals surface area contributed by atoms with Crippen molar-refractivity contribution in [3.8, 4) is 5.75 Å². The molecule has 3 aliphatic heterocycles. The lowest BCUT2D eigenvalue weighted by molar-refractivity contribution is -0.135. The van der Waals surface area contributed by atoms with Crippen LogP contribution in [0.3, 0.4) is 0 Å². The summed E-state index contributed by atoms with van der Waals surface area (Å²) in [6, 6.07) is 10.6.